The smallest absolute Gasteiger partial charge is 0 e. The number of carbonyl (C=O) groups excluding carboxylic acids is 1. The van der Waals surface area contributed by atoms with Gasteiger partial charge in [0, 0.05) is 22.9 Å². The van der Waals surface area contributed by atoms with Gasteiger partial charge in [0.2, 0.25) is 0 Å². The average molecular weight is 326 g/mol. The second-order valence-electron chi connectivity index (χ2n) is 2.41. The van der Waals surface area contributed by atoms with Gasteiger partial charge < -0.3 is 9.47 Å². The van der Waals surface area contributed by atoms with Gasteiger partial charge in [-0.2, -0.15) is 0 Å². The van der Waals surface area contributed by atoms with Crippen LogP contribution >= 0.6 is 0 Å². The molecule has 0 aromatic heterocycles. The molecule has 0 atom stereocenters. The van der Waals surface area contributed by atoms with Crippen LogP contribution in [0.2, 0.25) is 0 Å². The maximum absolute atomic E-state index is 10.5. The number of benzene rings is 1. The fourth-order valence-corrected chi connectivity index (χ4v) is 0.814. The fourth-order valence-electron chi connectivity index (χ4n) is 0.814. The first-order chi connectivity index (χ1) is 9.83. The van der Waals surface area contributed by atoms with E-state index >= 15 is 0 Å². The molecule has 0 radical (unpaired) electrons. The zero-order valence-electron chi connectivity index (χ0n) is 11.0. The Balaban J connectivity index is -0.000000183. The molecule has 0 heterocycles. The molecule has 0 unspecified atom stereocenters. The molecule has 0 saturated heterocycles. The van der Waals surface area contributed by atoms with E-state index in [0.717, 1.165) is 5.56 Å². The summed E-state index contributed by atoms with van der Waals surface area (Å²) in [6, 6.07) is 9.46. The molecule has 0 amide bonds. The van der Waals surface area contributed by atoms with E-state index in [0.29, 0.717) is 0 Å². The monoisotopic (exact) mass is 326 g/mol. The summed E-state index contributed by atoms with van der Waals surface area (Å²) in [7, 11) is 1.26. The second kappa shape index (κ2) is 26.4. The Hall–Kier alpha value is -2.20. The van der Waals surface area contributed by atoms with Crippen LogP contribution in [0.4, 0.5) is 4.79 Å². The van der Waals surface area contributed by atoms with Crippen LogP contribution in [0.15, 0.2) is 30.3 Å². The van der Waals surface area contributed by atoms with Gasteiger partial charge in [0.25, 0.3) is 0 Å². The number of carbonyl (C=O) groups is 1. The Kier molecular flexibility index (Phi) is 34.2. The van der Waals surface area contributed by atoms with Crippen molar-refractivity contribution in [1.29, 1.82) is 0 Å². The van der Waals surface area contributed by atoms with Gasteiger partial charge in [-0.25, -0.2) is 4.79 Å². The van der Waals surface area contributed by atoms with Crippen molar-refractivity contribution in [3.63, 3.8) is 0 Å². The Bertz CT molecular complexity index is 453. The molecule has 0 aliphatic heterocycles. The summed E-state index contributed by atoms with van der Waals surface area (Å²) in [6.07, 6.45) is -0.715. The first kappa shape index (κ1) is 27.2. The van der Waals surface area contributed by atoms with Gasteiger partial charge in [-0.05, 0) is 12.1 Å². The quantitative estimate of drug-likeness (QED) is 0.340. The van der Waals surface area contributed by atoms with Gasteiger partial charge in [0.15, 0.2) is 6.61 Å². The van der Waals surface area contributed by atoms with E-state index in [-0.39, 0.29) is 24.0 Å². The largest absolute Gasteiger partial charge is 0 e. The third kappa shape index (κ3) is 20.3. The predicted octanol–water partition coefficient (Wildman–Crippen LogP) is 1.71. The van der Waals surface area contributed by atoms with E-state index in [4.69, 9.17) is 14.0 Å². The van der Waals surface area contributed by atoms with Crippen LogP contribution in [-0.4, -0.2) is 19.9 Å². The molecule has 0 fully saturated rings. The molecule has 0 aliphatic carbocycles. The number of rotatable bonds is 1. The van der Waals surface area contributed by atoms with Gasteiger partial charge in [-0.15, -0.1) is 0 Å². The van der Waals surface area contributed by atoms with Crippen LogP contribution in [0.25, 0.3) is 0 Å². The molecule has 0 bridgehead atoms. The summed E-state index contributed by atoms with van der Waals surface area (Å²) in [6.45, 7) is 13.5. The summed E-state index contributed by atoms with van der Waals surface area (Å²) in [5.74, 6) is 5.54. The molecular weight excluding hydrogens is 316 g/mol. The van der Waals surface area contributed by atoms with Crippen molar-refractivity contribution in [3.8, 4) is 11.8 Å². The fraction of sp³-hybridized carbons (Fsp3) is 0.143. The molecular formula is C14H10CrO6. The van der Waals surface area contributed by atoms with Crippen molar-refractivity contribution >= 4 is 6.16 Å². The van der Waals surface area contributed by atoms with Gasteiger partial charge in [0.05, 0.1) is 7.11 Å². The minimum atomic E-state index is -0.715. The maximum Gasteiger partial charge on any atom is 0 e. The SMILES string of the molecule is COC(=O)OCC#Cc1ccccc1.[C-]#[O+].[C-]#[O+].[C-]#[O+].[Cr]. The molecule has 1 aromatic rings. The minimum absolute atomic E-state index is 0. The normalized spacial score (nSPS) is 5.86. The van der Waals surface area contributed by atoms with Crippen LogP contribution in [0.1, 0.15) is 5.56 Å². The van der Waals surface area contributed by atoms with Crippen molar-refractivity contribution in [1.82, 2.24) is 0 Å². The van der Waals surface area contributed by atoms with Gasteiger partial charge in [-0.1, -0.05) is 30.0 Å². The summed E-state index contributed by atoms with van der Waals surface area (Å²) >= 11 is 0. The Morgan fingerprint density at radius 2 is 1.57 bits per heavy atom. The summed E-state index contributed by atoms with van der Waals surface area (Å²) in [5.41, 5.74) is 0.890. The van der Waals surface area contributed by atoms with Crippen LogP contribution in [0.5, 0.6) is 0 Å². The standard InChI is InChI=1S/C11H10O3.3CO.Cr/c1-13-11(12)14-9-5-8-10-6-3-2-4-7-10;3*1-2;/h2-4,6-7H,9H2,1H3;;;;. The van der Waals surface area contributed by atoms with Crippen molar-refractivity contribution in [2.24, 2.45) is 0 Å². The van der Waals surface area contributed by atoms with Crippen LogP contribution in [-0.2, 0) is 40.8 Å². The van der Waals surface area contributed by atoms with Crippen molar-refractivity contribution in [3.05, 3.63) is 55.8 Å². The number of ether oxygens (including phenoxy) is 2. The average Bonchev–Trinajstić information content (AvgIpc) is 2.58. The summed E-state index contributed by atoms with van der Waals surface area (Å²) < 4.78 is 31.4. The van der Waals surface area contributed by atoms with E-state index in [1.807, 2.05) is 30.3 Å². The van der Waals surface area contributed by atoms with Crippen LogP contribution in [0, 0.1) is 31.8 Å². The topological polar surface area (TPSA) is 95.2 Å². The van der Waals surface area contributed by atoms with Crippen LogP contribution < -0.4 is 0 Å². The van der Waals surface area contributed by atoms with Gasteiger partial charge >= 0.3 is 40.1 Å². The predicted molar refractivity (Wildman–Crippen MR) is 63.5 cm³/mol. The van der Waals surface area contributed by atoms with Gasteiger partial charge in [-0.3, -0.25) is 0 Å². The first-order valence-corrected chi connectivity index (χ1v) is 4.69. The number of hydrogen-bond acceptors (Lipinski definition) is 3. The molecule has 0 N–H and O–H groups in total. The molecule has 108 valence electrons. The molecule has 1 aromatic carbocycles. The Labute approximate surface area is 133 Å². The van der Waals surface area contributed by atoms with Crippen molar-refractivity contribution < 1.29 is 45.6 Å². The summed E-state index contributed by atoms with van der Waals surface area (Å²) in [4.78, 5) is 10.5. The van der Waals surface area contributed by atoms with Crippen LogP contribution in [0.3, 0.4) is 0 Å². The third-order valence-corrected chi connectivity index (χ3v) is 1.44. The first-order valence-electron chi connectivity index (χ1n) is 4.69. The zero-order valence-corrected chi connectivity index (χ0v) is 12.2. The minimum Gasteiger partial charge on any atom is 0 e. The Morgan fingerprint density at radius 1 is 1.10 bits per heavy atom. The van der Waals surface area contributed by atoms with Crippen molar-refractivity contribution in [2.75, 3.05) is 13.7 Å². The second-order valence-corrected chi connectivity index (χ2v) is 2.41. The van der Waals surface area contributed by atoms with E-state index in [1.54, 1.807) is 0 Å². The van der Waals surface area contributed by atoms with E-state index in [1.165, 1.54) is 7.11 Å². The molecule has 0 spiro atoms. The summed E-state index contributed by atoms with van der Waals surface area (Å²) in [5, 5.41) is 0. The van der Waals surface area contributed by atoms with Gasteiger partial charge in [0.1, 0.15) is 0 Å². The molecule has 0 aliphatic rings. The van der Waals surface area contributed by atoms with E-state index in [2.05, 4.69) is 41.3 Å². The van der Waals surface area contributed by atoms with E-state index in [9.17, 15) is 4.79 Å². The molecule has 6 nitrogen and oxygen atoms in total. The Morgan fingerprint density at radius 3 is 2.00 bits per heavy atom. The van der Waals surface area contributed by atoms with Crippen molar-refractivity contribution in [2.45, 2.75) is 0 Å². The van der Waals surface area contributed by atoms with E-state index < -0.39 is 6.16 Å². The maximum atomic E-state index is 10.5. The zero-order chi connectivity index (χ0) is 16.2. The molecule has 21 heavy (non-hydrogen) atoms. The number of hydrogen-bond donors (Lipinski definition) is 0. The molecule has 0 saturated carbocycles. The number of methoxy groups -OCH3 is 1. The molecule has 7 heteroatoms. The third-order valence-electron chi connectivity index (χ3n) is 1.44. The molecule has 1 rings (SSSR count).